The van der Waals surface area contributed by atoms with Gasteiger partial charge in [-0.05, 0) is 51.1 Å². The molecule has 1 rings (SSSR count). The number of carbonyl (C=O) groups excluding carboxylic acids is 2. The van der Waals surface area contributed by atoms with Crippen LogP contribution in [0.3, 0.4) is 0 Å². The number of ether oxygens (including phenoxy) is 1. The molecule has 0 heterocycles. The molecule has 5 nitrogen and oxygen atoms in total. The summed E-state index contributed by atoms with van der Waals surface area (Å²) < 4.78 is 5.53. The Hall–Kier alpha value is -1.88. The van der Waals surface area contributed by atoms with E-state index in [9.17, 15) is 9.59 Å². The summed E-state index contributed by atoms with van der Waals surface area (Å²) in [5.74, 6) is 0.783. The Morgan fingerprint density at radius 1 is 1.14 bits per heavy atom. The summed E-state index contributed by atoms with van der Waals surface area (Å²) >= 11 is 0. The number of carbonyl (C=O) groups is 2. The molecule has 116 valence electrons. The fourth-order valence-corrected chi connectivity index (χ4v) is 1.77. The maximum atomic E-state index is 11.9. The van der Waals surface area contributed by atoms with Crippen LogP contribution in [0.1, 0.15) is 37.6 Å². The van der Waals surface area contributed by atoms with E-state index in [1.807, 2.05) is 26.0 Å². The van der Waals surface area contributed by atoms with Gasteiger partial charge in [0.2, 0.25) is 5.91 Å². The number of rotatable bonds is 9. The summed E-state index contributed by atoms with van der Waals surface area (Å²) in [6.45, 7) is 7.03. The molecule has 0 fully saturated rings. The quantitative estimate of drug-likeness (QED) is 0.538. The number of Topliss-reactive ketones (excluding diaryl/α,β-unsaturated/α-hetero) is 1. The van der Waals surface area contributed by atoms with Crippen molar-refractivity contribution in [3.8, 4) is 5.75 Å². The van der Waals surface area contributed by atoms with Gasteiger partial charge < -0.3 is 15.4 Å². The Balaban J connectivity index is 2.27. The summed E-state index contributed by atoms with van der Waals surface area (Å²) in [7, 11) is 0. The van der Waals surface area contributed by atoms with Crippen LogP contribution < -0.4 is 15.4 Å². The van der Waals surface area contributed by atoms with Gasteiger partial charge in [0, 0.05) is 19.0 Å². The third kappa shape index (κ3) is 7.46. The Morgan fingerprint density at radius 2 is 1.81 bits per heavy atom. The van der Waals surface area contributed by atoms with Crippen LogP contribution in [0.2, 0.25) is 0 Å². The highest BCUT2D eigenvalue weighted by molar-refractivity contribution is 5.97. The Morgan fingerprint density at radius 3 is 2.38 bits per heavy atom. The van der Waals surface area contributed by atoms with Crippen LogP contribution >= 0.6 is 0 Å². The molecule has 1 aromatic rings. The lowest BCUT2D eigenvalue weighted by Crippen LogP contribution is -2.28. The molecule has 0 aliphatic carbocycles. The molecule has 0 aromatic heterocycles. The predicted molar refractivity (Wildman–Crippen MR) is 82.7 cm³/mol. The van der Waals surface area contributed by atoms with Crippen molar-refractivity contribution in [3.05, 3.63) is 29.8 Å². The van der Waals surface area contributed by atoms with Gasteiger partial charge in [-0.2, -0.15) is 0 Å². The first kappa shape index (κ1) is 17.2. The highest BCUT2D eigenvalue weighted by Gasteiger charge is 2.06. The lowest BCUT2D eigenvalue weighted by Gasteiger charge is -2.10. The van der Waals surface area contributed by atoms with Crippen LogP contribution in [0.4, 0.5) is 0 Å². The first-order valence-corrected chi connectivity index (χ1v) is 7.24. The van der Waals surface area contributed by atoms with E-state index in [-0.39, 0.29) is 17.8 Å². The maximum absolute atomic E-state index is 11.9. The van der Waals surface area contributed by atoms with Crippen LogP contribution in [-0.2, 0) is 4.79 Å². The Bertz CT molecular complexity index is 455. The fraction of sp³-hybridized carbons (Fsp3) is 0.500. The van der Waals surface area contributed by atoms with Gasteiger partial charge in [0.05, 0.1) is 12.6 Å². The zero-order valence-electron chi connectivity index (χ0n) is 12.9. The molecule has 0 bridgehead atoms. The van der Waals surface area contributed by atoms with Crippen molar-refractivity contribution in [2.45, 2.75) is 33.3 Å². The van der Waals surface area contributed by atoms with Gasteiger partial charge in [-0.25, -0.2) is 0 Å². The average Bonchev–Trinajstić information content (AvgIpc) is 2.42. The van der Waals surface area contributed by atoms with Crippen LogP contribution in [-0.4, -0.2) is 37.4 Å². The van der Waals surface area contributed by atoms with Crippen molar-refractivity contribution in [3.63, 3.8) is 0 Å². The summed E-state index contributed by atoms with van der Waals surface area (Å²) in [6, 6.07) is 7.17. The topological polar surface area (TPSA) is 67.4 Å². The summed E-state index contributed by atoms with van der Waals surface area (Å²) in [6.07, 6.45) is 0.922. The second-order valence-electron chi connectivity index (χ2n) is 5.13. The minimum absolute atomic E-state index is 0.0326. The highest BCUT2D eigenvalue weighted by Crippen LogP contribution is 2.13. The second-order valence-corrected chi connectivity index (χ2v) is 5.13. The van der Waals surface area contributed by atoms with E-state index in [0.29, 0.717) is 25.2 Å². The maximum Gasteiger partial charge on any atom is 0.216 e. The fourth-order valence-electron chi connectivity index (χ4n) is 1.77. The minimum atomic E-state index is -0.0326. The van der Waals surface area contributed by atoms with Gasteiger partial charge in [-0.1, -0.05) is 0 Å². The highest BCUT2D eigenvalue weighted by atomic mass is 16.5. The second kappa shape index (κ2) is 9.13. The van der Waals surface area contributed by atoms with E-state index in [4.69, 9.17) is 4.74 Å². The standard InChI is InChI=1S/C16H24N2O3/c1-12(2)21-15-7-5-14(6-8-15)16(20)11-17-9-4-10-18-13(3)19/h5-8,12,17H,4,9-11H2,1-3H3,(H,18,19). The lowest BCUT2D eigenvalue weighted by molar-refractivity contribution is -0.118. The van der Waals surface area contributed by atoms with Gasteiger partial charge in [0.1, 0.15) is 5.75 Å². The molecular weight excluding hydrogens is 268 g/mol. The summed E-state index contributed by atoms with van der Waals surface area (Å²) in [5, 5.41) is 5.78. The zero-order chi connectivity index (χ0) is 15.7. The first-order valence-electron chi connectivity index (χ1n) is 7.24. The number of benzene rings is 1. The number of ketones is 1. The molecule has 0 aliphatic rings. The van der Waals surface area contributed by atoms with Crippen LogP contribution in [0.15, 0.2) is 24.3 Å². The van der Waals surface area contributed by atoms with E-state index in [0.717, 1.165) is 12.2 Å². The zero-order valence-corrected chi connectivity index (χ0v) is 12.9. The average molecular weight is 292 g/mol. The van der Waals surface area contributed by atoms with Crippen molar-refractivity contribution in [2.75, 3.05) is 19.6 Å². The minimum Gasteiger partial charge on any atom is -0.491 e. The van der Waals surface area contributed by atoms with E-state index in [1.165, 1.54) is 6.92 Å². The molecule has 0 radical (unpaired) electrons. The van der Waals surface area contributed by atoms with Crippen LogP contribution in [0.25, 0.3) is 0 Å². The van der Waals surface area contributed by atoms with Crippen molar-refractivity contribution in [2.24, 2.45) is 0 Å². The molecule has 1 amide bonds. The van der Waals surface area contributed by atoms with Crippen molar-refractivity contribution in [1.29, 1.82) is 0 Å². The number of hydrogen-bond acceptors (Lipinski definition) is 4. The Labute approximate surface area is 126 Å². The summed E-state index contributed by atoms with van der Waals surface area (Å²) in [4.78, 5) is 22.6. The molecule has 0 unspecified atom stereocenters. The molecule has 0 atom stereocenters. The van der Waals surface area contributed by atoms with E-state index < -0.39 is 0 Å². The monoisotopic (exact) mass is 292 g/mol. The van der Waals surface area contributed by atoms with Gasteiger partial charge >= 0.3 is 0 Å². The molecule has 0 saturated heterocycles. The lowest BCUT2D eigenvalue weighted by atomic mass is 10.1. The van der Waals surface area contributed by atoms with Crippen molar-refractivity contribution < 1.29 is 14.3 Å². The molecule has 0 saturated carbocycles. The van der Waals surface area contributed by atoms with Crippen molar-refractivity contribution in [1.82, 2.24) is 10.6 Å². The molecular formula is C16H24N2O3. The largest absolute Gasteiger partial charge is 0.491 e. The van der Waals surface area contributed by atoms with Gasteiger partial charge in [0.25, 0.3) is 0 Å². The number of hydrogen-bond donors (Lipinski definition) is 2. The third-order valence-electron chi connectivity index (χ3n) is 2.74. The van der Waals surface area contributed by atoms with Gasteiger partial charge in [-0.3, -0.25) is 9.59 Å². The predicted octanol–water partition coefficient (Wildman–Crippen LogP) is 1.77. The number of nitrogens with one attached hydrogen (secondary N) is 2. The Kier molecular flexibility index (Phi) is 7.46. The van der Waals surface area contributed by atoms with Crippen LogP contribution in [0.5, 0.6) is 5.75 Å². The first-order chi connectivity index (χ1) is 9.99. The van der Waals surface area contributed by atoms with Crippen LogP contribution in [0, 0.1) is 0 Å². The van der Waals surface area contributed by atoms with E-state index in [1.54, 1.807) is 12.1 Å². The molecule has 21 heavy (non-hydrogen) atoms. The molecule has 0 aliphatic heterocycles. The van der Waals surface area contributed by atoms with E-state index >= 15 is 0 Å². The van der Waals surface area contributed by atoms with Crippen molar-refractivity contribution >= 4 is 11.7 Å². The normalized spacial score (nSPS) is 10.5. The van der Waals surface area contributed by atoms with Gasteiger partial charge in [0.15, 0.2) is 5.78 Å². The summed E-state index contributed by atoms with van der Waals surface area (Å²) in [5.41, 5.74) is 0.667. The third-order valence-corrected chi connectivity index (χ3v) is 2.74. The SMILES string of the molecule is CC(=O)NCCCNCC(=O)c1ccc(OC(C)C)cc1. The number of amides is 1. The molecule has 2 N–H and O–H groups in total. The van der Waals surface area contributed by atoms with Gasteiger partial charge in [-0.15, -0.1) is 0 Å². The molecule has 1 aromatic carbocycles. The molecule has 5 heteroatoms. The molecule has 0 spiro atoms. The van der Waals surface area contributed by atoms with E-state index in [2.05, 4.69) is 10.6 Å². The smallest absolute Gasteiger partial charge is 0.216 e.